The average Bonchev–Trinajstić information content (AvgIpc) is 2.38. The maximum Gasteiger partial charge on any atom is 0.319 e. The first-order valence-corrected chi connectivity index (χ1v) is 6.33. The number of esters is 1. The molecule has 0 saturated heterocycles. The van der Waals surface area contributed by atoms with Gasteiger partial charge in [0.25, 0.3) is 0 Å². The van der Waals surface area contributed by atoms with E-state index in [2.05, 4.69) is 0 Å². The summed E-state index contributed by atoms with van der Waals surface area (Å²) in [4.78, 5) is 36.0. The minimum absolute atomic E-state index is 0.0481. The van der Waals surface area contributed by atoms with Gasteiger partial charge in [0.1, 0.15) is 11.2 Å². The lowest BCUT2D eigenvalue weighted by Crippen LogP contribution is -2.45. The Morgan fingerprint density at radius 2 is 2.18 bits per heavy atom. The van der Waals surface area contributed by atoms with Crippen molar-refractivity contribution in [1.82, 2.24) is 0 Å². The van der Waals surface area contributed by atoms with Crippen molar-refractivity contribution in [3.63, 3.8) is 0 Å². The summed E-state index contributed by atoms with van der Waals surface area (Å²) >= 11 is 0. The van der Waals surface area contributed by atoms with E-state index in [0.29, 0.717) is 25.7 Å². The molecule has 4 nitrogen and oxygen atoms in total. The molecule has 0 aromatic heterocycles. The van der Waals surface area contributed by atoms with Gasteiger partial charge in [-0.05, 0) is 26.2 Å². The minimum Gasteiger partial charge on any atom is -0.465 e. The van der Waals surface area contributed by atoms with E-state index >= 15 is 0 Å². The van der Waals surface area contributed by atoms with Crippen molar-refractivity contribution in [3.8, 4) is 0 Å². The van der Waals surface area contributed by atoms with E-state index in [0.717, 1.165) is 12.8 Å². The second-order valence-electron chi connectivity index (χ2n) is 5.00. The van der Waals surface area contributed by atoms with Gasteiger partial charge in [0.05, 0.1) is 6.61 Å². The van der Waals surface area contributed by atoms with Crippen LogP contribution in [0.2, 0.25) is 0 Å². The van der Waals surface area contributed by atoms with E-state index in [-0.39, 0.29) is 24.1 Å². The van der Waals surface area contributed by atoms with Gasteiger partial charge in [-0.25, -0.2) is 0 Å². The van der Waals surface area contributed by atoms with Gasteiger partial charge in [0.15, 0.2) is 5.78 Å². The van der Waals surface area contributed by atoms with Gasteiger partial charge in [-0.3, -0.25) is 14.4 Å². The molecule has 0 unspecified atom stereocenters. The summed E-state index contributed by atoms with van der Waals surface area (Å²) in [5, 5.41) is 0. The molecule has 94 valence electrons. The Kier molecular flexibility index (Phi) is 3.31. The lowest BCUT2D eigenvalue weighted by molar-refractivity contribution is -0.164. The van der Waals surface area contributed by atoms with E-state index in [4.69, 9.17) is 4.74 Å². The number of hydrogen-bond donors (Lipinski definition) is 0. The van der Waals surface area contributed by atoms with Gasteiger partial charge in [-0.2, -0.15) is 0 Å². The summed E-state index contributed by atoms with van der Waals surface area (Å²) in [6.07, 6.45) is 3.13. The number of Topliss-reactive ketones (excluding diaryl/α,β-unsaturated/α-hetero) is 2. The molecule has 0 N–H and O–H groups in total. The van der Waals surface area contributed by atoms with Gasteiger partial charge in [-0.15, -0.1) is 0 Å². The molecule has 17 heavy (non-hydrogen) atoms. The maximum atomic E-state index is 12.4. The average molecular weight is 238 g/mol. The number of carbonyl (C=O) groups excluding carboxylic acids is 3. The van der Waals surface area contributed by atoms with Gasteiger partial charge in [-0.1, -0.05) is 6.42 Å². The van der Waals surface area contributed by atoms with E-state index in [1.165, 1.54) is 0 Å². The number of hydrogen-bond acceptors (Lipinski definition) is 4. The molecule has 2 bridgehead atoms. The van der Waals surface area contributed by atoms with Crippen LogP contribution in [0.3, 0.4) is 0 Å². The van der Waals surface area contributed by atoms with Crippen molar-refractivity contribution in [1.29, 1.82) is 0 Å². The first kappa shape index (κ1) is 12.3. The normalized spacial score (nSPS) is 33.1. The highest BCUT2D eigenvalue weighted by Gasteiger charge is 2.53. The summed E-state index contributed by atoms with van der Waals surface area (Å²) in [5.41, 5.74) is -1.01. The van der Waals surface area contributed by atoms with Gasteiger partial charge < -0.3 is 4.74 Å². The highest BCUT2D eigenvalue weighted by Crippen LogP contribution is 2.44. The Hall–Kier alpha value is -1.19. The zero-order valence-electron chi connectivity index (χ0n) is 10.2. The number of ether oxygens (including phenoxy) is 1. The summed E-state index contributed by atoms with van der Waals surface area (Å²) < 4.78 is 5.05. The fourth-order valence-corrected chi connectivity index (χ4v) is 3.04. The van der Waals surface area contributed by atoms with Crippen LogP contribution in [0.1, 0.15) is 45.4 Å². The topological polar surface area (TPSA) is 60.4 Å². The lowest BCUT2D eigenvalue weighted by atomic mass is 9.67. The third-order valence-electron chi connectivity index (χ3n) is 3.97. The molecule has 0 amide bonds. The monoisotopic (exact) mass is 238 g/mol. The molecule has 0 aliphatic heterocycles. The molecule has 0 radical (unpaired) electrons. The fourth-order valence-electron chi connectivity index (χ4n) is 3.04. The van der Waals surface area contributed by atoms with Crippen molar-refractivity contribution < 1.29 is 19.1 Å². The largest absolute Gasteiger partial charge is 0.465 e. The third kappa shape index (κ3) is 2.01. The zero-order chi connectivity index (χ0) is 12.5. The Morgan fingerprint density at radius 3 is 2.88 bits per heavy atom. The van der Waals surface area contributed by atoms with E-state index in [1.807, 2.05) is 0 Å². The molecule has 0 spiro atoms. The fraction of sp³-hybridized carbons (Fsp3) is 0.769. The van der Waals surface area contributed by atoms with Crippen LogP contribution in [0.15, 0.2) is 0 Å². The standard InChI is InChI=1S/C13H18O4/c1-2-17-12(16)13-6-3-4-9(11(13)15)8-10(14)5-7-13/h9H,2-8H2,1H3/t9-,13-/m0/s1. The van der Waals surface area contributed by atoms with Crippen LogP contribution in [0, 0.1) is 11.3 Å². The van der Waals surface area contributed by atoms with Gasteiger partial charge >= 0.3 is 5.97 Å². The number of carbonyl (C=O) groups is 3. The summed E-state index contributed by atoms with van der Waals surface area (Å²) in [5.74, 6) is -0.600. The maximum absolute atomic E-state index is 12.4. The summed E-state index contributed by atoms with van der Waals surface area (Å²) in [7, 11) is 0. The highest BCUT2D eigenvalue weighted by molar-refractivity contribution is 6.07. The smallest absolute Gasteiger partial charge is 0.319 e. The second-order valence-corrected chi connectivity index (χ2v) is 5.00. The quantitative estimate of drug-likeness (QED) is 0.542. The first-order valence-electron chi connectivity index (χ1n) is 6.33. The van der Waals surface area contributed by atoms with E-state index in [9.17, 15) is 14.4 Å². The molecule has 2 atom stereocenters. The van der Waals surface area contributed by atoms with Crippen LogP contribution >= 0.6 is 0 Å². The molecule has 0 heterocycles. The first-order chi connectivity index (χ1) is 8.10. The molecule has 2 saturated carbocycles. The Labute approximate surface area is 101 Å². The molecule has 0 aromatic rings. The van der Waals surface area contributed by atoms with Crippen molar-refractivity contribution in [2.75, 3.05) is 6.61 Å². The molecule has 2 aliphatic rings. The number of ketones is 2. The summed E-state index contributed by atoms with van der Waals surface area (Å²) in [6.45, 7) is 2.02. The Bertz CT molecular complexity index is 360. The van der Waals surface area contributed by atoms with Crippen LogP contribution in [0.4, 0.5) is 0 Å². The van der Waals surface area contributed by atoms with Crippen molar-refractivity contribution in [2.45, 2.75) is 45.4 Å². The molecule has 4 heteroatoms. The molecule has 2 rings (SSSR count). The van der Waals surface area contributed by atoms with E-state index < -0.39 is 11.4 Å². The van der Waals surface area contributed by atoms with Crippen molar-refractivity contribution >= 4 is 17.5 Å². The van der Waals surface area contributed by atoms with Crippen LogP contribution < -0.4 is 0 Å². The predicted molar refractivity (Wildman–Crippen MR) is 60.3 cm³/mol. The van der Waals surface area contributed by atoms with Crippen molar-refractivity contribution in [2.24, 2.45) is 11.3 Å². The van der Waals surface area contributed by atoms with Gasteiger partial charge in [0, 0.05) is 18.8 Å². The number of rotatable bonds is 2. The predicted octanol–water partition coefficient (Wildman–Crippen LogP) is 1.66. The molecule has 2 fully saturated rings. The Morgan fingerprint density at radius 1 is 1.41 bits per heavy atom. The second kappa shape index (κ2) is 4.59. The summed E-state index contributed by atoms with van der Waals surface area (Å²) in [6, 6.07) is 0. The highest BCUT2D eigenvalue weighted by atomic mass is 16.5. The van der Waals surface area contributed by atoms with Crippen molar-refractivity contribution in [3.05, 3.63) is 0 Å². The molecular weight excluding hydrogens is 220 g/mol. The van der Waals surface area contributed by atoms with Crippen LogP contribution in [-0.2, 0) is 19.1 Å². The van der Waals surface area contributed by atoms with Crippen LogP contribution in [-0.4, -0.2) is 24.1 Å². The van der Waals surface area contributed by atoms with Gasteiger partial charge in [0.2, 0.25) is 0 Å². The minimum atomic E-state index is -1.01. The Balaban J connectivity index is 2.31. The molecular formula is C13H18O4. The SMILES string of the molecule is CCOC(=O)[C@@]12CCC[C@@H](CC(=O)CC1)C2=O. The third-order valence-corrected chi connectivity index (χ3v) is 3.97. The zero-order valence-corrected chi connectivity index (χ0v) is 10.2. The molecule has 0 aromatic carbocycles. The van der Waals surface area contributed by atoms with Crippen LogP contribution in [0.25, 0.3) is 0 Å². The molecule has 2 aliphatic carbocycles. The van der Waals surface area contributed by atoms with E-state index in [1.54, 1.807) is 6.92 Å². The number of fused-ring (bicyclic) bond motifs is 2. The van der Waals surface area contributed by atoms with Crippen LogP contribution in [0.5, 0.6) is 0 Å². The lowest BCUT2D eigenvalue weighted by Gasteiger charge is -2.34.